The van der Waals surface area contributed by atoms with Crippen molar-refractivity contribution in [3.63, 3.8) is 0 Å². The van der Waals surface area contributed by atoms with Gasteiger partial charge < -0.3 is 9.47 Å². The molecular formula is C38H45FO4. The van der Waals surface area contributed by atoms with Gasteiger partial charge in [-0.15, -0.1) is 0 Å². The van der Waals surface area contributed by atoms with Crippen molar-refractivity contribution in [2.75, 3.05) is 6.61 Å². The van der Waals surface area contributed by atoms with E-state index >= 15 is 0 Å². The van der Waals surface area contributed by atoms with E-state index in [4.69, 9.17) is 9.47 Å². The lowest BCUT2D eigenvalue weighted by Gasteiger charge is -2.06. The van der Waals surface area contributed by atoms with Crippen LogP contribution in [-0.4, -0.2) is 18.4 Å². The van der Waals surface area contributed by atoms with Crippen molar-refractivity contribution < 1.29 is 23.5 Å². The summed E-state index contributed by atoms with van der Waals surface area (Å²) in [6.45, 7) is 7.47. The molecule has 0 unspecified atom stereocenters. The molecule has 0 spiro atoms. The van der Waals surface area contributed by atoms with Gasteiger partial charge in [0.05, 0.1) is 6.61 Å². The molecular weight excluding hydrogens is 539 g/mol. The Labute approximate surface area is 256 Å². The van der Waals surface area contributed by atoms with Crippen molar-refractivity contribution in [1.29, 1.82) is 0 Å². The molecule has 4 nitrogen and oxygen atoms in total. The highest BCUT2D eigenvalue weighted by Gasteiger charge is 2.06. The van der Waals surface area contributed by atoms with Gasteiger partial charge in [0.25, 0.3) is 0 Å². The van der Waals surface area contributed by atoms with Gasteiger partial charge in [0, 0.05) is 18.6 Å². The van der Waals surface area contributed by atoms with Crippen molar-refractivity contribution in [3.05, 3.63) is 114 Å². The third kappa shape index (κ3) is 13.8. The van der Waals surface area contributed by atoms with Gasteiger partial charge in [-0.1, -0.05) is 106 Å². The van der Waals surface area contributed by atoms with Crippen LogP contribution in [0.3, 0.4) is 0 Å². The molecule has 0 heterocycles. The van der Waals surface area contributed by atoms with Crippen LogP contribution in [0.15, 0.2) is 85.5 Å². The Bertz CT molecular complexity index is 1290. The summed E-state index contributed by atoms with van der Waals surface area (Å²) in [7, 11) is 0. The third-order valence-corrected chi connectivity index (χ3v) is 7.30. The molecule has 0 aliphatic carbocycles. The Morgan fingerprint density at radius 1 is 0.721 bits per heavy atom. The number of rotatable bonds is 20. The summed E-state index contributed by atoms with van der Waals surface area (Å²) in [5.74, 6) is -0.310. The number of ketones is 1. The zero-order chi connectivity index (χ0) is 30.7. The Hall–Kier alpha value is -3.83. The summed E-state index contributed by atoms with van der Waals surface area (Å²) >= 11 is 0. The average Bonchev–Trinajstić information content (AvgIpc) is 3.01. The van der Waals surface area contributed by atoms with Crippen LogP contribution in [-0.2, 0) is 16.1 Å². The normalized spacial score (nSPS) is 11.1. The van der Waals surface area contributed by atoms with Gasteiger partial charge in [-0.2, -0.15) is 0 Å². The minimum absolute atomic E-state index is 0.204. The Balaban J connectivity index is 1.13. The summed E-state index contributed by atoms with van der Waals surface area (Å²) in [6, 6.07) is 20.9. The maximum Gasteiger partial charge on any atom is 0.311 e. The second kappa shape index (κ2) is 19.4. The van der Waals surface area contributed by atoms with E-state index in [-0.39, 0.29) is 17.6 Å². The fraction of sp³-hybridized carbons (Fsp3) is 0.368. The average molecular weight is 585 g/mol. The van der Waals surface area contributed by atoms with Gasteiger partial charge in [0.15, 0.2) is 5.78 Å². The number of hydrogen-bond acceptors (Lipinski definition) is 4. The molecule has 3 aromatic carbocycles. The highest BCUT2D eigenvalue weighted by Crippen LogP contribution is 2.17. The summed E-state index contributed by atoms with van der Waals surface area (Å²) in [6.07, 6.45) is 15.1. The van der Waals surface area contributed by atoms with Gasteiger partial charge in [-0.3, -0.25) is 9.59 Å². The fourth-order valence-electron chi connectivity index (χ4n) is 4.67. The lowest BCUT2D eigenvalue weighted by molar-refractivity contribution is -0.134. The summed E-state index contributed by atoms with van der Waals surface area (Å²) in [4.78, 5) is 24.4. The number of ether oxygens (including phenoxy) is 2. The van der Waals surface area contributed by atoms with E-state index in [1.54, 1.807) is 30.3 Å². The topological polar surface area (TPSA) is 52.6 Å². The lowest BCUT2D eigenvalue weighted by Crippen LogP contribution is -2.07. The molecule has 0 N–H and O–H groups in total. The first-order valence-electron chi connectivity index (χ1n) is 15.5. The monoisotopic (exact) mass is 584 g/mol. The van der Waals surface area contributed by atoms with Gasteiger partial charge in [-0.25, -0.2) is 4.39 Å². The molecule has 0 aromatic heterocycles. The van der Waals surface area contributed by atoms with E-state index in [1.807, 2.05) is 6.92 Å². The molecule has 0 aliphatic heterocycles. The fourth-order valence-corrected chi connectivity index (χ4v) is 4.67. The number of benzene rings is 3. The molecule has 43 heavy (non-hydrogen) atoms. The second-order valence-electron chi connectivity index (χ2n) is 11.1. The Kier molecular flexibility index (Phi) is 15.2. The predicted octanol–water partition coefficient (Wildman–Crippen LogP) is 10.2. The molecule has 0 bridgehead atoms. The molecule has 3 rings (SSSR count). The molecule has 0 aliphatic rings. The zero-order valence-electron chi connectivity index (χ0n) is 25.5. The lowest BCUT2D eigenvalue weighted by atomic mass is 10.1. The van der Waals surface area contributed by atoms with E-state index in [9.17, 15) is 14.0 Å². The van der Waals surface area contributed by atoms with Crippen LogP contribution in [0.1, 0.15) is 105 Å². The van der Waals surface area contributed by atoms with Gasteiger partial charge in [0.2, 0.25) is 0 Å². The van der Waals surface area contributed by atoms with E-state index in [1.165, 1.54) is 80.0 Å². The number of carbonyl (C=O) groups is 2. The van der Waals surface area contributed by atoms with Crippen molar-refractivity contribution in [3.8, 4) is 5.75 Å². The van der Waals surface area contributed by atoms with Crippen LogP contribution in [0.25, 0.3) is 11.6 Å². The van der Waals surface area contributed by atoms with Gasteiger partial charge in [-0.05, 0) is 78.9 Å². The molecule has 0 atom stereocenters. The quantitative estimate of drug-likeness (QED) is 0.0436. The molecule has 228 valence electrons. The van der Waals surface area contributed by atoms with E-state index in [0.29, 0.717) is 24.3 Å². The number of unbranched alkanes of at least 4 members (excludes halogenated alkanes) is 9. The number of allylic oxidation sites excluding steroid dienone is 2. The zero-order valence-corrected chi connectivity index (χ0v) is 25.5. The summed E-state index contributed by atoms with van der Waals surface area (Å²) < 4.78 is 24.3. The minimum Gasteiger partial charge on any atom is -0.427 e. The van der Waals surface area contributed by atoms with Crippen molar-refractivity contribution >= 4 is 23.4 Å². The number of hydrogen-bond donors (Lipinski definition) is 0. The number of esters is 1. The molecule has 3 aromatic rings. The van der Waals surface area contributed by atoms with Crippen molar-refractivity contribution in [2.45, 2.75) is 84.2 Å². The smallest absolute Gasteiger partial charge is 0.311 e. The number of halogens is 1. The van der Waals surface area contributed by atoms with E-state index in [2.05, 4.69) is 30.8 Å². The van der Waals surface area contributed by atoms with Crippen LogP contribution >= 0.6 is 0 Å². The van der Waals surface area contributed by atoms with Gasteiger partial charge >= 0.3 is 5.97 Å². The van der Waals surface area contributed by atoms with Gasteiger partial charge in [0.1, 0.15) is 11.6 Å². The van der Waals surface area contributed by atoms with E-state index < -0.39 is 0 Å². The first-order valence-corrected chi connectivity index (χ1v) is 15.5. The maximum atomic E-state index is 13.0. The SMILES string of the molecule is C=C(C)c1ccc(COCCCCCCCCCCCCC(=O)Oc2ccc(C=CC(=O)c3ccc(F)cc3)cc2)cc1. The molecule has 0 saturated heterocycles. The second-order valence-corrected chi connectivity index (χ2v) is 11.1. The molecule has 0 radical (unpaired) electrons. The largest absolute Gasteiger partial charge is 0.427 e. The Morgan fingerprint density at radius 3 is 1.88 bits per heavy atom. The highest BCUT2D eigenvalue weighted by atomic mass is 19.1. The van der Waals surface area contributed by atoms with Crippen LogP contribution in [0.4, 0.5) is 4.39 Å². The van der Waals surface area contributed by atoms with Crippen LogP contribution in [0, 0.1) is 5.82 Å². The molecule has 5 heteroatoms. The van der Waals surface area contributed by atoms with E-state index in [0.717, 1.165) is 43.4 Å². The molecule has 0 saturated carbocycles. The molecule has 0 amide bonds. The standard InChI is InChI=1S/C38H45FO4/c1-30(2)33-19-14-32(15-20-33)29-42-28-12-10-8-6-4-3-5-7-9-11-13-38(41)43-36-25-16-31(17-26-36)18-27-37(40)34-21-23-35(39)24-22-34/h14-27H,1,3-13,28-29H2,2H3. The first-order chi connectivity index (χ1) is 20.9. The molecule has 0 fully saturated rings. The van der Waals surface area contributed by atoms with Crippen LogP contribution in [0.2, 0.25) is 0 Å². The summed E-state index contributed by atoms with van der Waals surface area (Å²) in [5.41, 5.74) is 4.70. The Morgan fingerprint density at radius 2 is 1.28 bits per heavy atom. The minimum atomic E-state index is -0.376. The maximum absolute atomic E-state index is 13.0. The summed E-state index contributed by atoms with van der Waals surface area (Å²) in [5, 5.41) is 0. The number of carbonyl (C=O) groups excluding carboxylic acids is 2. The highest BCUT2D eigenvalue weighted by molar-refractivity contribution is 6.06. The first kappa shape index (κ1) is 33.7. The van der Waals surface area contributed by atoms with Crippen molar-refractivity contribution in [1.82, 2.24) is 0 Å². The van der Waals surface area contributed by atoms with Crippen molar-refractivity contribution in [2.24, 2.45) is 0 Å². The van der Waals surface area contributed by atoms with Crippen LogP contribution in [0.5, 0.6) is 5.75 Å². The van der Waals surface area contributed by atoms with Crippen LogP contribution < -0.4 is 4.74 Å². The predicted molar refractivity (Wildman–Crippen MR) is 173 cm³/mol. The third-order valence-electron chi connectivity index (χ3n) is 7.30.